The molecular formula is C12H19NO. The molecule has 0 aromatic heterocycles. The highest BCUT2D eigenvalue weighted by atomic mass is 16.2. The van der Waals surface area contributed by atoms with Gasteiger partial charge in [-0.15, -0.1) is 0 Å². The lowest BCUT2D eigenvalue weighted by Crippen LogP contribution is -2.47. The Labute approximate surface area is 85.7 Å². The minimum Gasteiger partial charge on any atom is -0.342 e. The first-order valence-corrected chi connectivity index (χ1v) is 6.15. The third-order valence-electron chi connectivity index (χ3n) is 4.54. The molecule has 2 nitrogen and oxygen atoms in total. The average molecular weight is 193 g/mol. The first-order valence-electron chi connectivity index (χ1n) is 6.15. The molecule has 1 saturated carbocycles. The molecule has 2 heteroatoms. The van der Waals surface area contributed by atoms with Gasteiger partial charge in [-0.2, -0.15) is 0 Å². The maximum Gasteiger partial charge on any atom is 0.226 e. The van der Waals surface area contributed by atoms with Crippen molar-refractivity contribution in [2.45, 2.75) is 38.5 Å². The smallest absolute Gasteiger partial charge is 0.226 e. The predicted octanol–water partition coefficient (Wildman–Crippen LogP) is 2.04. The zero-order valence-electron chi connectivity index (χ0n) is 8.74. The van der Waals surface area contributed by atoms with Gasteiger partial charge in [-0.05, 0) is 43.9 Å². The van der Waals surface area contributed by atoms with E-state index in [1.165, 1.54) is 38.5 Å². The Morgan fingerprint density at radius 2 is 1.64 bits per heavy atom. The standard InChI is InChI=1S/C12H19NO/c14-12-11-9-3-1-4-10(11)6-8-13(12)7-2-5-9/h9-11H,1-8H2/t9-,10-,11+/m0/s1. The first-order chi connectivity index (χ1) is 6.86. The predicted molar refractivity (Wildman–Crippen MR) is 54.8 cm³/mol. The molecule has 0 aromatic rings. The van der Waals surface area contributed by atoms with Gasteiger partial charge in [0.2, 0.25) is 5.91 Å². The lowest BCUT2D eigenvalue weighted by molar-refractivity contribution is -0.144. The normalized spacial score (nSPS) is 42.1. The Morgan fingerprint density at radius 1 is 0.929 bits per heavy atom. The van der Waals surface area contributed by atoms with E-state index in [4.69, 9.17) is 0 Å². The first kappa shape index (κ1) is 8.75. The lowest BCUT2D eigenvalue weighted by atomic mass is 9.68. The number of hydrogen-bond acceptors (Lipinski definition) is 1. The molecule has 0 spiro atoms. The third-order valence-corrected chi connectivity index (χ3v) is 4.54. The van der Waals surface area contributed by atoms with Gasteiger partial charge in [-0.1, -0.05) is 6.42 Å². The molecule has 2 bridgehead atoms. The van der Waals surface area contributed by atoms with Gasteiger partial charge in [-0.3, -0.25) is 4.79 Å². The zero-order valence-corrected chi connectivity index (χ0v) is 8.74. The minimum absolute atomic E-state index is 0.431. The highest BCUT2D eigenvalue weighted by Gasteiger charge is 2.44. The molecule has 3 fully saturated rings. The van der Waals surface area contributed by atoms with Crippen molar-refractivity contribution >= 4 is 5.91 Å². The minimum atomic E-state index is 0.431. The topological polar surface area (TPSA) is 20.3 Å². The number of nitrogens with zero attached hydrogens (tertiary/aromatic N) is 1. The van der Waals surface area contributed by atoms with E-state index in [-0.39, 0.29) is 0 Å². The van der Waals surface area contributed by atoms with E-state index in [0.717, 1.165) is 24.9 Å². The molecule has 78 valence electrons. The Bertz CT molecular complexity index is 251. The summed E-state index contributed by atoms with van der Waals surface area (Å²) >= 11 is 0. The molecule has 3 aliphatic rings. The number of fused-ring (bicyclic) bond motifs is 1. The zero-order chi connectivity index (χ0) is 9.54. The monoisotopic (exact) mass is 193 g/mol. The van der Waals surface area contributed by atoms with Crippen LogP contribution in [0, 0.1) is 17.8 Å². The summed E-state index contributed by atoms with van der Waals surface area (Å²) < 4.78 is 0. The Hall–Kier alpha value is -0.530. The van der Waals surface area contributed by atoms with E-state index in [2.05, 4.69) is 4.90 Å². The quantitative estimate of drug-likeness (QED) is 0.576. The molecule has 14 heavy (non-hydrogen) atoms. The number of amides is 1. The van der Waals surface area contributed by atoms with E-state index >= 15 is 0 Å². The molecule has 2 aliphatic heterocycles. The van der Waals surface area contributed by atoms with Crippen LogP contribution in [0.1, 0.15) is 38.5 Å². The molecule has 1 aliphatic carbocycles. The van der Waals surface area contributed by atoms with Crippen molar-refractivity contribution in [2.24, 2.45) is 17.8 Å². The fourth-order valence-electron chi connectivity index (χ4n) is 3.85. The summed E-state index contributed by atoms with van der Waals surface area (Å²) in [5.41, 5.74) is 0. The van der Waals surface area contributed by atoms with Crippen LogP contribution in [-0.4, -0.2) is 23.9 Å². The van der Waals surface area contributed by atoms with Crippen molar-refractivity contribution in [3.63, 3.8) is 0 Å². The van der Waals surface area contributed by atoms with Crippen molar-refractivity contribution in [3.8, 4) is 0 Å². The highest BCUT2D eigenvalue weighted by molar-refractivity contribution is 5.80. The second-order valence-corrected chi connectivity index (χ2v) is 5.23. The Kier molecular flexibility index (Phi) is 2.03. The second kappa shape index (κ2) is 3.25. The fraction of sp³-hybridized carbons (Fsp3) is 0.917. The van der Waals surface area contributed by atoms with Gasteiger partial charge < -0.3 is 4.90 Å². The molecule has 2 saturated heterocycles. The Morgan fingerprint density at radius 3 is 2.50 bits per heavy atom. The number of hydrogen-bond donors (Lipinski definition) is 0. The van der Waals surface area contributed by atoms with Crippen LogP contribution < -0.4 is 0 Å². The van der Waals surface area contributed by atoms with E-state index in [1.807, 2.05) is 0 Å². The van der Waals surface area contributed by atoms with Crippen LogP contribution in [0.15, 0.2) is 0 Å². The summed E-state index contributed by atoms with van der Waals surface area (Å²) in [7, 11) is 0. The summed E-state index contributed by atoms with van der Waals surface area (Å²) in [6.45, 7) is 2.09. The van der Waals surface area contributed by atoms with Crippen LogP contribution in [0.25, 0.3) is 0 Å². The summed E-state index contributed by atoms with van der Waals surface area (Å²) in [4.78, 5) is 14.3. The summed E-state index contributed by atoms with van der Waals surface area (Å²) in [6, 6.07) is 0. The Balaban J connectivity index is 1.92. The van der Waals surface area contributed by atoms with Crippen molar-refractivity contribution in [2.75, 3.05) is 13.1 Å². The van der Waals surface area contributed by atoms with Crippen LogP contribution in [0.2, 0.25) is 0 Å². The van der Waals surface area contributed by atoms with Gasteiger partial charge >= 0.3 is 0 Å². The van der Waals surface area contributed by atoms with Crippen molar-refractivity contribution < 1.29 is 4.79 Å². The SMILES string of the molecule is O=C1[C@@H]2[C@H]3CCC[C@H]2CCN1CCC3. The molecule has 3 rings (SSSR count). The number of piperidine rings is 1. The lowest BCUT2D eigenvalue weighted by Gasteiger charge is -2.42. The van der Waals surface area contributed by atoms with Gasteiger partial charge in [0.05, 0.1) is 0 Å². The van der Waals surface area contributed by atoms with Gasteiger partial charge in [0, 0.05) is 19.0 Å². The van der Waals surface area contributed by atoms with Crippen molar-refractivity contribution in [1.29, 1.82) is 0 Å². The van der Waals surface area contributed by atoms with Crippen LogP contribution in [0.4, 0.5) is 0 Å². The second-order valence-electron chi connectivity index (χ2n) is 5.23. The molecule has 3 atom stereocenters. The maximum absolute atomic E-state index is 12.2. The van der Waals surface area contributed by atoms with Crippen LogP contribution in [-0.2, 0) is 4.79 Å². The van der Waals surface area contributed by atoms with Gasteiger partial charge in [-0.25, -0.2) is 0 Å². The van der Waals surface area contributed by atoms with E-state index in [9.17, 15) is 4.79 Å². The van der Waals surface area contributed by atoms with Crippen molar-refractivity contribution in [1.82, 2.24) is 4.90 Å². The third kappa shape index (κ3) is 1.19. The van der Waals surface area contributed by atoms with E-state index in [0.29, 0.717) is 11.8 Å². The van der Waals surface area contributed by atoms with Crippen molar-refractivity contribution in [3.05, 3.63) is 0 Å². The molecular weight excluding hydrogens is 174 g/mol. The average Bonchev–Trinajstić information content (AvgIpc) is 2.33. The number of rotatable bonds is 0. The molecule has 0 radical (unpaired) electrons. The molecule has 0 aromatic carbocycles. The van der Waals surface area contributed by atoms with E-state index < -0.39 is 0 Å². The van der Waals surface area contributed by atoms with Crippen LogP contribution in [0.5, 0.6) is 0 Å². The summed E-state index contributed by atoms with van der Waals surface area (Å²) in [5, 5.41) is 0. The molecule has 2 heterocycles. The summed E-state index contributed by atoms with van der Waals surface area (Å²) in [6.07, 6.45) is 7.86. The van der Waals surface area contributed by atoms with Crippen LogP contribution >= 0.6 is 0 Å². The maximum atomic E-state index is 12.2. The summed E-state index contributed by atoms with van der Waals surface area (Å²) in [5.74, 6) is 2.42. The largest absolute Gasteiger partial charge is 0.342 e. The van der Waals surface area contributed by atoms with Gasteiger partial charge in [0.15, 0.2) is 0 Å². The molecule has 0 N–H and O–H groups in total. The van der Waals surface area contributed by atoms with Gasteiger partial charge in [0.25, 0.3) is 0 Å². The van der Waals surface area contributed by atoms with Gasteiger partial charge in [0.1, 0.15) is 0 Å². The number of carbonyl (C=O) groups is 1. The fourth-order valence-corrected chi connectivity index (χ4v) is 3.85. The van der Waals surface area contributed by atoms with E-state index in [1.54, 1.807) is 0 Å². The molecule has 1 amide bonds. The number of carbonyl (C=O) groups excluding carboxylic acids is 1. The highest BCUT2D eigenvalue weighted by Crippen LogP contribution is 2.44. The molecule has 0 unspecified atom stereocenters. The van der Waals surface area contributed by atoms with Crippen LogP contribution in [0.3, 0.4) is 0 Å².